The smallest absolute Gasteiger partial charge is 0.311 e. The maximum atomic E-state index is 9.82. The van der Waals surface area contributed by atoms with E-state index < -0.39 is 18.2 Å². The van der Waals surface area contributed by atoms with Crippen molar-refractivity contribution in [3.05, 3.63) is 0 Å². The number of aliphatic hydroxyl groups excluding tert-OH is 1. The molecule has 0 spiro atoms. The highest BCUT2D eigenvalue weighted by Gasteiger charge is 2.17. The van der Waals surface area contributed by atoms with Crippen LogP contribution in [0.2, 0.25) is 0 Å². The Morgan fingerprint density at radius 2 is 1.42 bits per heavy atom. The number of Topliss-reactive ketones (excluding diaryl/α,β-unsaturated/α-hetero) is 1. The van der Waals surface area contributed by atoms with E-state index in [4.69, 9.17) is 15.3 Å². The molecule has 0 aliphatic rings. The van der Waals surface area contributed by atoms with Gasteiger partial charge >= 0.3 is 5.97 Å². The van der Waals surface area contributed by atoms with Crippen LogP contribution in [0.15, 0.2) is 0 Å². The van der Waals surface area contributed by atoms with Crippen LogP contribution in [0, 0.1) is 5.92 Å². The summed E-state index contributed by atoms with van der Waals surface area (Å²) >= 11 is 0. The maximum absolute atomic E-state index is 9.82. The molecule has 0 aromatic carbocycles. The molecule has 12 heavy (non-hydrogen) atoms. The molecule has 0 bridgehead atoms. The molecular weight excluding hydrogens is 164 g/mol. The van der Waals surface area contributed by atoms with Crippen LogP contribution in [0.25, 0.3) is 0 Å². The first-order valence-corrected chi connectivity index (χ1v) is 3.35. The SMILES string of the molecule is CC(C(=O)O)C(O)O.CC(C)=O. The third-order valence-corrected chi connectivity index (χ3v) is 0.837. The molecule has 72 valence electrons. The summed E-state index contributed by atoms with van der Waals surface area (Å²) in [6.07, 6.45) is -1.76. The van der Waals surface area contributed by atoms with Crippen LogP contribution in [0.3, 0.4) is 0 Å². The summed E-state index contributed by atoms with van der Waals surface area (Å²) in [5.41, 5.74) is 0. The molecule has 0 amide bonds. The van der Waals surface area contributed by atoms with Gasteiger partial charge in [-0.25, -0.2) is 0 Å². The summed E-state index contributed by atoms with van der Waals surface area (Å²) in [5, 5.41) is 24.4. The third-order valence-electron chi connectivity index (χ3n) is 0.837. The van der Waals surface area contributed by atoms with Gasteiger partial charge in [0, 0.05) is 0 Å². The zero-order chi connectivity index (χ0) is 10.3. The number of aliphatic hydroxyl groups is 2. The minimum absolute atomic E-state index is 0.167. The molecule has 1 atom stereocenters. The molecule has 0 aliphatic carbocycles. The van der Waals surface area contributed by atoms with E-state index in [0.29, 0.717) is 0 Å². The zero-order valence-electron chi connectivity index (χ0n) is 7.31. The fraction of sp³-hybridized carbons (Fsp3) is 0.714. The topological polar surface area (TPSA) is 94.8 Å². The van der Waals surface area contributed by atoms with Crippen molar-refractivity contribution in [1.82, 2.24) is 0 Å². The molecule has 0 heterocycles. The highest BCUT2D eigenvalue weighted by molar-refractivity contribution is 5.72. The van der Waals surface area contributed by atoms with E-state index in [9.17, 15) is 9.59 Å². The summed E-state index contributed by atoms with van der Waals surface area (Å²) in [7, 11) is 0. The lowest BCUT2D eigenvalue weighted by Crippen LogP contribution is -2.24. The Morgan fingerprint density at radius 1 is 1.17 bits per heavy atom. The summed E-state index contributed by atoms with van der Waals surface area (Å²) < 4.78 is 0. The molecule has 5 nitrogen and oxygen atoms in total. The minimum atomic E-state index is -1.76. The maximum Gasteiger partial charge on any atom is 0.311 e. The lowest BCUT2D eigenvalue weighted by Gasteiger charge is -2.05. The molecule has 0 aliphatic heterocycles. The molecule has 1 unspecified atom stereocenters. The van der Waals surface area contributed by atoms with Crippen molar-refractivity contribution in [2.45, 2.75) is 27.1 Å². The van der Waals surface area contributed by atoms with Crippen LogP contribution in [0.1, 0.15) is 20.8 Å². The number of carbonyl (C=O) groups excluding carboxylic acids is 1. The molecule has 0 fully saturated rings. The first kappa shape index (κ1) is 13.6. The lowest BCUT2D eigenvalue weighted by atomic mass is 10.2. The molecule has 0 rings (SSSR count). The highest BCUT2D eigenvalue weighted by Crippen LogP contribution is 1.97. The second kappa shape index (κ2) is 6.75. The van der Waals surface area contributed by atoms with Crippen molar-refractivity contribution in [3.63, 3.8) is 0 Å². The number of carboxylic acid groups (broad SMARTS) is 1. The van der Waals surface area contributed by atoms with Gasteiger partial charge in [-0.05, 0) is 20.8 Å². The van der Waals surface area contributed by atoms with E-state index in [2.05, 4.69) is 0 Å². The first-order chi connectivity index (χ1) is 5.29. The number of ketones is 1. The number of aliphatic carboxylic acids is 1. The fourth-order valence-electron chi connectivity index (χ4n) is 0.128. The van der Waals surface area contributed by atoms with Crippen LogP contribution in [-0.4, -0.2) is 33.4 Å². The number of hydrogen-bond donors (Lipinski definition) is 3. The Balaban J connectivity index is 0. The molecule has 0 aromatic rings. The molecular formula is C7H14O5. The predicted molar refractivity (Wildman–Crippen MR) is 41.4 cm³/mol. The number of hydrogen-bond acceptors (Lipinski definition) is 4. The Hall–Kier alpha value is -0.940. The molecule has 5 heteroatoms. The monoisotopic (exact) mass is 178 g/mol. The molecule has 0 radical (unpaired) electrons. The fourth-order valence-corrected chi connectivity index (χ4v) is 0.128. The Bertz CT molecular complexity index is 148. The van der Waals surface area contributed by atoms with Gasteiger partial charge in [0.15, 0.2) is 6.29 Å². The van der Waals surface area contributed by atoms with Gasteiger partial charge in [-0.1, -0.05) is 0 Å². The van der Waals surface area contributed by atoms with Crippen molar-refractivity contribution in [1.29, 1.82) is 0 Å². The van der Waals surface area contributed by atoms with Crippen molar-refractivity contribution < 1.29 is 24.9 Å². The lowest BCUT2D eigenvalue weighted by molar-refractivity contribution is -0.156. The van der Waals surface area contributed by atoms with Gasteiger partial charge in [0.25, 0.3) is 0 Å². The largest absolute Gasteiger partial charge is 0.481 e. The second-order valence-corrected chi connectivity index (χ2v) is 2.45. The van der Waals surface area contributed by atoms with Gasteiger partial charge < -0.3 is 20.1 Å². The van der Waals surface area contributed by atoms with E-state index in [-0.39, 0.29) is 5.78 Å². The van der Waals surface area contributed by atoms with Crippen LogP contribution in [0.5, 0.6) is 0 Å². The van der Waals surface area contributed by atoms with Crippen LogP contribution in [-0.2, 0) is 9.59 Å². The summed E-state index contributed by atoms with van der Waals surface area (Å²) in [5.74, 6) is -2.14. The quantitative estimate of drug-likeness (QED) is 0.501. The normalized spacial score (nSPS) is 11.5. The molecule has 0 aromatic heterocycles. The predicted octanol–water partition coefficient (Wildman–Crippen LogP) is -0.387. The van der Waals surface area contributed by atoms with Crippen molar-refractivity contribution >= 4 is 11.8 Å². The average molecular weight is 178 g/mol. The van der Waals surface area contributed by atoms with Gasteiger partial charge in [-0.2, -0.15) is 0 Å². The zero-order valence-corrected chi connectivity index (χ0v) is 7.31. The van der Waals surface area contributed by atoms with E-state index >= 15 is 0 Å². The van der Waals surface area contributed by atoms with Crippen molar-refractivity contribution in [3.8, 4) is 0 Å². The standard InChI is InChI=1S/C4H8O4.C3H6O/c1-2(3(5)6)4(7)8;1-3(2)4/h2-3,5-6H,1H3,(H,7,8);1-2H3. The number of carboxylic acids is 1. The van der Waals surface area contributed by atoms with Gasteiger partial charge in [0.1, 0.15) is 11.7 Å². The Morgan fingerprint density at radius 3 is 1.42 bits per heavy atom. The van der Waals surface area contributed by atoms with Crippen LogP contribution < -0.4 is 0 Å². The van der Waals surface area contributed by atoms with Gasteiger partial charge in [0.05, 0.1) is 0 Å². The van der Waals surface area contributed by atoms with Gasteiger partial charge in [0.2, 0.25) is 0 Å². The number of rotatable bonds is 2. The van der Waals surface area contributed by atoms with Gasteiger partial charge in [-0.15, -0.1) is 0 Å². The molecule has 0 saturated heterocycles. The third kappa shape index (κ3) is 11.8. The Kier molecular flexibility index (Phi) is 7.67. The summed E-state index contributed by atoms with van der Waals surface area (Å²) in [6, 6.07) is 0. The first-order valence-electron chi connectivity index (χ1n) is 3.35. The van der Waals surface area contributed by atoms with E-state index in [1.807, 2.05) is 0 Å². The minimum Gasteiger partial charge on any atom is -0.481 e. The highest BCUT2D eigenvalue weighted by atomic mass is 16.5. The van der Waals surface area contributed by atoms with E-state index in [1.165, 1.54) is 20.8 Å². The van der Waals surface area contributed by atoms with Crippen LogP contribution >= 0.6 is 0 Å². The molecule has 0 saturated carbocycles. The van der Waals surface area contributed by atoms with Crippen molar-refractivity contribution in [2.75, 3.05) is 0 Å². The summed E-state index contributed by atoms with van der Waals surface area (Å²) in [4.78, 5) is 19.3. The van der Waals surface area contributed by atoms with E-state index in [0.717, 1.165) is 0 Å². The van der Waals surface area contributed by atoms with E-state index in [1.54, 1.807) is 0 Å². The number of carbonyl (C=O) groups is 2. The summed E-state index contributed by atoms with van der Waals surface area (Å²) in [6.45, 7) is 4.27. The second-order valence-electron chi connectivity index (χ2n) is 2.45. The molecule has 3 N–H and O–H groups in total. The Labute approximate surface area is 70.6 Å². The average Bonchev–Trinajstić information content (AvgIpc) is 1.84. The van der Waals surface area contributed by atoms with Crippen LogP contribution in [0.4, 0.5) is 0 Å². The van der Waals surface area contributed by atoms with Crippen molar-refractivity contribution in [2.24, 2.45) is 5.92 Å². The van der Waals surface area contributed by atoms with Gasteiger partial charge in [-0.3, -0.25) is 4.79 Å².